The molecule has 2 aromatic carbocycles. The van der Waals surface area contributed by atoms with E-state index in [9.17, 15) is 9.18 Å². The van der Waals surface area contributed by atoms with Gasteiger partial charge in [0.05, 0.1) is 6.34 Å². The number of amides is 1. The summed E-state index contributed by atoms with van der Waals surface area (Å²) < 4.78 is 14.0. The molecule has 5 heteroatoms. The second kappa shape index (κ2) is 6.89. The summed E-state index contributed by atoms with van der Waals surface area (Å²) >= 11 is 0. The fourth-order valence-electron chi connectivity index (χ4n) is 4.20. The molecule has 0 unspecified atom stereocenters. The lowest BCUT2D eigenvalue weighted by Gasteiger charge is -2.43. The van der Waals surface area contributed by atoms with E-state index in [1.54, 1.807) is 20.2 Å². The third-order valence-electron chi connectivity index (χ3n) is 5.78. The highest BCUT2D eigenvalue weighted by Crippen LogP contribution is 2.38. The molecule has 27 heavy (non-hydrogen) atoms. The molecule has 4 rings (SSSR count). The molecule has 1 saturated heterocycles. The van der Waals surface area contributed by atoms with Gasteiger partial charge in [-0.05, 0) is 55.5 Å². The highest BCUT2D eigenvalue weighted by atomic mass is 19.1. The first-order valence-electron chi connectivity index (χ1n) is 9.41. The summed E-state index contributed by atoms with van der Waals surface area (Å²) in [6.07, 6.45) is 3.06. The monoisotopic (exact) mass is 365 g/mol. The molecule has 2 aliphatic heterocycles. The van der Waals surface area contributed by atoms with Crippen molar-refractivity contribution in [3.63, 3.8) is 0 Å². The SMILES string of the molecule is Cc1cc(N2C=NC(=O)C23CCN(Cc2ccccc2)CC3)cc(C)c1F. The van der Waals surface area contributed by atoms with Crippen molar-refractivity contribution >= 4 is 17.9 Å². The molecule has 0 atom stereocenters. The Balaban J connectivity index is 1.54. The van der Waals surface area contributed by atoms with E-state index in [1.807, 2.05) is 23.1 Å². The van der Waals surface area contributed by atoms with Gasteiger partial charge in [-0.25, -0.2) is 9.38 Å². The third kappa shape index (κ3) is 3.16. The second-order valence-electron chi connectivity index (χ2n) is 7.61. The first kappa shape index (κ1) is 17.9. The van der Waals surface area contributed by atoms with Crippen LogP contribution >= 0.6 is 0 Å². The number of rotatable bonds is 3. The van der Waals surface area contributed by atoms with Gasteiger partial charge in [-0.2, -0.15) is 0 Å². The lowest BCUT2D eigenvalue weighted by Crippen LogP contribution is -2.56. The minimum Gasteiger partial charge on any atom is -0.317 e. The van der Waals surface area contributed by atoms with Crippen LogP contribution in [0.1, 0.15) is 29.5 Å². The quantitative estimate of drug-likeness (QED) is 0.829. The number of piperidine rings is 1. The molecule has 0 aromatic heterocycles. The number of hydrogen-bond donors (Lipinski definition) is 0. The second-order valence-corrected chi connectivity index (χ2v) is 7.61. The summed E-state index contributed by atoms with van der Waals surface area (Å²) in [4.78, 5) is 21.2. The Kier molecular flexibility index (Phi) is 4.56. The molecular weight excluding hydrogens is 341 g/mol. The number of aryl methyl sites for hydroxylation is 2. The van der Waals surface area contributed by atoms with E-state index < -0.39 is 5.54 Å². The molecule has 0 N–H and O–H groups in total. The summed E-state index contributed by atoms with van der Waals surface area (Å²) in [5.41, 5.74) is 2.68. The van der Waals surface area contributed by atoms with Crippen molar-refractivity contribution in [1.29, 1.82) is 0 Å². The Bertz CT molecular complexity index is 863. The van der Waals surface area contributed by atoms with Crippen LogP contribution in [0.3, 0.4) is 0 Å². The molecular formula is C22H24FN3O. The highest BCUT2D eigenvalue weighted by molar-refractivity contribution is 6.08. The van der Waals surface area contributed by atoms with Gasteiger partial charge in [-0.3, -0.25) is 9.69 Å². The fraction of sp³-hybridized carbons (Fsp3) is 0.364. The molecule has 1 amide bonds. The molecule has 2 aromatic rings. The van der Waals surface area contributed by atoms with Crippen LogP contribution in [0.4, 0.5) is 10.1 Å². The van der Waals surface area contributed by atoms with Crippen LogP contribution in [-0.4, -0.2) is 35.8 Å². The predicted molar refractivity (Wildman–Crippen MR) is 106 cm³/mol. The standard InChI is InChI=1S/C22H24FN3O/c1-16-12-19(13-17(2)20(16)23)26-15-24-21(27)22(26)8-10-25(11-9-22)14-18-6-4-3-5-7-18/h3-7,12-13,15H,8-11,14H2,1-2H3. The number of nitrogens with zero attached hydrogens (tertiary/aromatic N) is 3. The molecule has 1 spiro atoms. The van der Waals surface area contributed by atoms with E-state index in [0.717, 1.165) is 25.3 Å². The minimum absolute atomic E-state index is 0.0820. The highest BCUT2D eigenvalue weighted by Gasteiger charge is 2.49. The van der Waals surface area contributed by atoms with Gasteiger partial charge >= 0.3 is 0 Å². The number of anilines is 1. The van der Waals surface area contributed by atoms with Crippen molar-refractivity contribution in [1.82, 2.24) is 4.90 Å². The average molecular weight is 365 g/mol. The van der Waals surface area contributed by atoms with Gasteiger partial charge in [-0.1, -0.05) is 30.3 Å². The normalized spacial score (nSPS) is 19.2. The van der Waals surface area contributed by atoms with Gasteiger partial charge < -0.3 is 4.90 Å². The summed E-state index contributed by atoms with van der Waals surface area (Å²) in [6.45, 7) is 6.08. The first-order chi connectivity index (χ1) is 13.0. The fourth-order valence-corrected chi connectivity index (χ4v) is 4.20. The molecule has 0 aliphatic carbocycles. The van der Waals surface area contributed by atoms with E-state index in [1.165, 1.54) is 5.56 Å². The van der Waals surface area contributed by atoms with Crippen LogP contribution in [-0.2, 0) is 11.3 Å². The molecule has 140 valence electrons. The topological polar surface area (TPSA) is 35.9 Å². The van der Waals surface area contributed by atoms with E-state index in [4.69, 9.17) is 0 Å². The Hall–Kier alpha value is -2.53. The Labute approximate surface area is 159 Å². The molecule has 2 aliphatic rings. The summed E-state index contributed by atoms with van der Waals surface area (Å²) in [5, 5.41) is 0. The van der Waals surface area contributed by atoms with Crippen LogP contribution in [0.25, 0.3) is 0 Å². The van der Waals surface area contributed by atoms with Crippen LogP contribution in [0, 0.1) is 19.7 Å². The summed E-state index contributed by atoms with van der Waals surface area (Å²) in [7, 11) is 0. The van der Waals surface area contributed by atoms with Crippen molar-refractivity contribution in [2.45, 2.75) is 38.8 Å². The van der Waals surface area contributed by atoms with Gasteiger partial charge in [0.25, 0.3) is 5.91 Å². The largest absolute Gasteiger partial charge is 0.317 e. The van der Waals surface area contributed by atoms with Crippen LogP contribution in [0.5, 0.6) is 0 Å². The molecule has 0 radical (unpaired) electrons. The zero-order valence-corrected chi connectivity index (χ0v) is 15.8. The molecule has 0 saturated carbocycles. The number of halogens is 1. The van der Waals surface area contributed by atoms with Gasteiger partial charge in [0.1, 0.15) is 11.4 Å². The van der Waals surface area contributed by atoms with Gasteiger partial charge in [0.2, 0.25) is 0 Å². The minimum atomic E-state index is -0.635. The van der Waals surface area contributed by atoms with E-state index in [-0.39, 0.29) is 11.7 Å². The van der Waals surface area contributed by atoms with Crippen molar-refractivity contribution < 1.29 is 9.18 Å². The van der Waals surface area contributed by atoms with Crippen molar-refractivity contribution in [2.24, 2.45) is 4.99 Å². The lowest BCUT2D eigenvalue weighted by atomic mass is 9.85. The summed E-state index contributed by atoms with van der Waals surface area (Å²) in [5.74, 6) is -0.269. The smallest absolute Gasteiger partial charge is 0.273 e. The Morgan fingerprint density at radius 2 is 1.70 bits per heavy atom. The predicted octanol–water partition coefficient (Wildman–Crippen LogP) is 3.85. The number of likely N-dealkylation sites (tertiary alicyclic amines) is 1. The van der Waals surface area contributed by atoms with Gasteiger partial charge in [0.15, 0.2) is 0 Å². The van der Waals surface area contributed by atoms with Gasteiger partial charge in [-0.15, -0.1) is 0 Å². The van der Waals surface area contributed by atoms with Crippen LogP contribution in [0.15, 0.2) is 47.5 Å². The first-order valence-corrected chi connectivity index (χ1v) is 9.41. The molecule has 1 fully saturated rings. The maximum Gasteiger partial charge on any atom is 0.273 e. The zero-order chi connectivity index (χ0) is 19.0. The Morgan fingerprint density at radius 1 is 1.07 bits per heavy atom. The van der Waals surface area contributed by atoms with E-state index in [2.05, 4.69) is 34.2 Å². The number of carbonyl (C=O) groups excluding carboxylic acids is 1. The molecule has 0 bridgehead atoms. The van der Waals surface area contributed by atoms with Crippen molar-refractivity contribution in [3.05, 3.63) is 65.0 Å². The maximum absolute atomic E-state index is 14.0. The van der Waals surface area contributed by atoms with Crippen molar-refractivity contribution in [2.75, 3.05) is 18.0 Å². The van der Waals surface area contributed by atoms with Crippen LogP contribution in [0.2, 0.25) is 0 Å². The maximum atomic E-state index is 14.0. The van der Waals surface area contributed by atoms with E-state index >= 15 is 0 Å². The Morgan fingerprint density at radius 3 is 2.33 bits per heavy atom. The van der Waals surface area contributed by atoms with Crippen molar-refractivity contribution in [3.8, 4) is 0 Å². The number of aliphatic imine (C=N–C) groups is 1. The number of carbonyl (C=O) groups is 1. The van der Waals surface area contributed by atoms with E-state index in [0.29, 0.717) is 24.0 Å². The zero-order valence-electron chi connectivity index (χ0n) is 15.8. The third-order valence-corrected chi connectivity index (χ3v) is 5.78. The molecule has 2 heterocycles. The number of hydrogen-bond acceptors (Lipinski definition) is 3. The van der Waals surface area contributed by atoms with Crippen LogP contribution < -0.4 is 4.90 Å². The summed E-state index contributed by atoms with van der Waals surface area (Å²) in [6, 6.07) is 14.0. The average Bonchev–Trinajstić information content (AvgIpc) is 2.98. The van der Waals surface area contributed by atoms with Gasteiger partial charge in [0, 0.05) is 25.3 Å². The molecule has 4 nitrogen and oxygen atoms in total. The lowest BCUT2D eigenvalue weighted by molar-refractivity contribution is -0.123. The number of benzene rings is 2.